The van der Waals surface area contributed by atoms with Crippen LogP contribution in [0.2, 0.25) is 0 Å². The zero-order valence-electron chi connectivity index (χ0n) is 6.23. The minimum absolute atomic E-state index is 0.483. The van der Waals surface area contributed by atoms with Crippen molar-refractivity contribution in [1.82, 2.24) is 4.90 Å². The molecule has 1 unspecified atom stereocenters. The van der Waals surface area contributed by atoms with Gasteiger partial charge in [0.15, 0.2) is 0 Å². The molecule has 3 nitrogen and oxygen atoms in total. The monoisotopic (exact) mass is 146 g/mol. The summed E-state index contributed by atoms with van der Waals surface area (Å²) < 4.78 is 0. The van der Waals surface area contributed by atoms with Crippen LogP contribution in [0.5, 0.6) is 0 Å². The van der Waals surface area contributed by atoms with Crippen molar-refractivity contribution in [3.05, 3.63) is 29.4 Å². The number of rotatable bonds is 0. The van der Waals surface area contributed by atoms with Crippen molar-refractivity contribution in [3.63, 3.8) is 0 Å². The summed E-state index contributed by atoms with van der Waals surface area (Å²) in [5.74, 6) is -0.483. The maximum absolute atomic E-state index is 4.22. The van der Waals surface area contributed by atoms with Gasteiger partial charge in [0.2, 0.25) is 0 Å². The van der Waals surface area contributed by atoms with Crippen molar-refractivity contribution in [1.29, 1.82) is 0 Å². The molecule has 0 aromatic carbocycles. The van der Waals surface area contributed by atoms with E-state index in [0.717, 1.165) is 0 Å². The summed E-state index contributed by atoms with van der Waals surface area (Å²) in [4.78, 5) is 10.3. The van der Waals surface area contributed by atoms with Crippen LogP contribution in [0, 0.1) is 6.07 Å². The van der Waals surface area contributed by atoms with E-state index in [0.29, 0.717) is 0 Å². The summed E-state index contributed by atoms with van der Waals surface area (Å²) in [5.41, 5.74) is 0. The van der Waals surface area contributed by atoms with Gasteiger partial charge in [0.1, 0.15) is 0 Å². The highest BCUT2D eigenvalue weighted by molar-refractivity contribution is 5.72. The van der Waals surface area contributed by atoms with Crippen molar-refractivity contribution in [2.45, 2.75) is 12.7 Å². The molecule has 3 heteroatoms. The van der Waals surface area contributed by atoms with E-state index in [-0.39, 0.29) is 0 Å². The molecular formula is C8H8N3+. The van der Waals surface area contributed by atoms with Crippen molar-refractivity contribution >= 4 is 6.21 Å². The molecule has 11 heavy (non-hydrogen) atoms. The summed E-state index contributed by atoms with van der Waals surface area (Å²) in [5, 5.41) is 0. The van der Waals surface area contributed by atoms with E-state index in [1.54, 1.807) is 12.3 Å². The van der Waals surface area contributed by atoms with Gasteiger partial charge in [-0.25, -0.2) is 0 Å². The Balaban J connectivity index is 2.45. The van der Waals surface area contributed by atoms with Crippen LogP contribution in [0.4, 0.5) is 0 Å². The zero-order valence-corrected chi connectivity index (χ0v) is 6.23. The van der Waals surface area contributed by atoms with E-state index in [4.69, 9.17) is 0 Å². The average Bonchev–Trinajstić information content (AvgIpc) is 2.03. The minimum atomic E-state index is -0.483. The van der Waals surface area contributed by atoms with Crippen molar-refractivity contribution in [3.8, 4) is 6.07 Å². The highest BCUT2D eigenvalue weighted by Crippen LogP contribution is 2.23. The molecule has 2 aliphatic rings. The zero-order chi connectivity index (χ0) is 7.73. The van der Waals surface area contributed by atoms with Crippen LogP contribution in [-0.2, 0) is 0 Å². The van der Waals surface area contributed by atoms with Crippen molar-refractivity contribution in [2.75, 3.05) is 0 Å². The number of hydrogen-bond donors (Lipinski definition) is 0. The van der Waals surface area contributed by atoms with Crippen LogP contribution < -0.4 is 0 Å². The lowest BCUT2D eigenvalue weighted by Crippen LogP contribution is -2.37. The van der Waals surface area contributed by atoms with E-state index in [1.807, 2.05) is 30.3 Å². The van der Waals surface area contributed by atoms with Crippen LogP contribution in [0.1, 0.15) is 6.92 Å². The van der Waals surface area contributed by atoms with E-state index in [9.17, 15) is 0 Å². The number of fused-ring (bicyclic) bond motifs is 1. The quantitative estimate of drug-likeness (QED) is 0.506. The van der Waals surface area contributed by atoms with Crippen LogP contribution in [-0.4, -0.2) is 16.9 Å². The van der Waals surface area contributed by atoms with Gasteiger partial charge in [-0.3, -0.25) is 4.90 Å². The fourth-order valence-corrected chi connectivity index (χ4v) is 1.07. The molecular weight excluding hydrogens is 138 g/mol. The molecule has 0 radical (unpaired) electrons. The van der Waals surface area contributed by atoms with Gasteiger partial charge in [-0.2, -0.15) is 4.99 Å². The maximum Gasteiger partial charge on any atom is 0.454 e. The number of hydrogen-bond acceptors (Lipinski definition) is 2. The Hall–Kier alpha value is -1.56. The average molecular weight is 146 g/mol. The second-order valence-corrected chi connectivity index (χ2v) is 2.55. The third-order valence-electron chi connectivity index (χ3n) is 1.73. The number of aliphatic imine (C=N–C) groups is 1. The molecule has 0 aromatic rings. The van der Waals surface area contributed by atoms with Gasteiger partial charge < -0.3 is 0 Å². The summed E-state index contributed by atoms with van der Waals surface area (Å²) in [6, 6.07) is 2.78. The Morgan fingerprint density at radius 3 is 3.27 bits per heavy atom. The lowest BCUT2D eigenvalue weighted by molar-refractivity contribution is 0.297. The summed E-state index contributed by atoms with van der Waals surface area (Å²) >= 11 is 0. The highest BCUT2D eigenvalue weighted by Gasteiger charge is 2.41. The lowest BCUT2D eigenvalue weighted by Gasteiger charge is -2.22. The third-order valence-corrected chi connectivity index (χ3v) is 1.73. The molecule has 0 N–H and O–H groups in total. The molecule has 0 aromatic heterocycles. The predicted octanol–water partition coefficient (Wildman–Crippen LogP) is 1.42. The number of nitrogens with zero attached hydrogens (tertiary/aromatic N) is 3. The summed E-state index contributed by atoms with van der Waals surface area (Å²) in [6.45, 7) is 1.93. The van der Waals surface area contributed by atoms with Gasteiger partial charge in [-0.1, -0.05) is 0 Å². The fraction of sp³-hybridized carbons (Fsp3) is 0.250. The van der Waals surface area contributed by atoms with Crippen molar-refractivity contribution < 1.29 is 0 Å². The van der Waals surface area contributed by atoms with Gasteiger partial charge >= 0.3 is 11.9 Å². The molecule has 0 aliphatic carbocycles. The van der Waals surface area contributed by atoms with Gasteiger partial charge in [-0.05, 0) is 10.9 Å². The first-order chi connectivity index (χ1) is 5.31. The number of allylic oxidation sites excluding steroid dienone is 2. The van der Waals surface area contributed by atoms with E-state index < -0.39 is 5.79 Å². The first-order valence-electron chi connectivity index (χ1n) is 3.46. The second-order valence-electron chi connectivity index (χ2n) is 2.55. The van der Waals surface area contributed by atoms with E-state index in [1.165, 1.54) is 0 Å². The Morgan fingerprint density at radius 1 is 1.55 bits per heavy atom. The summed E-state index contributed by atoms with van der Waals surface area (Å²) in [7, 11) is 0. The Labute approximate surface area is 65.2 Å². The summed E-state index contributed by atoms with van der Waals surface area (Å²) in [6.07, 6.45) is 9.24. The van der Waals surface area contributed by atoms with Gasteiger partial charge in [0, 0.05) is 18.6 Å². The first kappa shape index (κ1) is 6.17. The van der Waals surface area contributed by atoms with E-state index in [2.05, 4.69) is 15.9 Å². The fourth-order valence-electron chi connectivity index (χ4n) is 1.07. The van der Waals surface area contributed by atoms with Gasteiger partial charge in [0.25, 0.3) is 0 Å². The highest BCUT2D eigenvalue weighted by atomic mass is 15.4. The minimum Gasteiger partial charge on any atom is -0.259 e. The standard InChI is InChI=1S/C8H8N3/c1-8-9-4-2-6-11(8)7-3-5-10-8/h2-4,6-7H,1H3/q+1. The van der Waals surface area contributed by atoms with Gasteiger partial charge in [-0.15, -0.1) is 0 Å². The lowest BCUT2D eigenvalue weighted by atomic mass is 10.3. The normalized spacial score (nSPS) is 31.2. The molecule has 0 amide bonds. The molecule has 0 saturated heterocycles. The smallest absolute Gasteiger partial charge is 0.259 e. The Morgan fingerprint density at radius 2 is 2.45 bits per heavy atom. The molecule has 2 heterocycles. The Kier molecular flexibility index (Phi) is 1.10. The molecule has 0 fully saturated rings. The van der Waals surface area contributed by atoms with Crippen molar-refractivity contribution in [2.24, 2.45) is 4.99 Å². The van der Waals surface area contributed by atoms with Gasteiger partial charge in [0.05, 0.1) is 13.0 Å². The van der Waals surface area contributed by atoms with E-state index >= 15 is 0 Å². The molecule has 0 saturated carbocycles. The molecule has 54 valence electrons. The largest absolute Gasteiger partial charge is 0.454 e. The SMILES string of the molecule is CC12N=CC=CN1C=CC#[N+]2. The molecule has 2 rings (SSSR count). The van der Waals surface area contributed by atoms with Crippen LogP contribution in [0.15, 0.2) is 29.5 Å². The van der Waals surface area contributed by atoms with Crippen LogP contribution in [0.25, 0.3) is 4.85 Å². The Bertz CT molecular complexity index is 316. The predicted molar refractivity (Wildman–Crippen MR) is 44.3 cm³/mol. The molecule has 0 bridgehead atoms. The first-order valence-corrected chi connectivity index (χ1v) is 3.46. The van der Waals surface area contributed by atoms with Crippen LogP contribution in [0.3, 0.4) is 0 Å². The molecule has 2 aliphatic heterocycles. The topological polar surface area (TPSA) is 20.0 Å². The third kappa shape index (κ3) is 0.838. The molecule has 1 atom stereocenters. The second kappa shape index (κ2) is 1.96. The molecule has 0 spiro atoms. The maximum atomic E-state index is 4.22. The van der Waals surface area contributed by atoms with Crippen LogP contribution >= 0.6 is 0 Å².